The monoisotopic (exact) mass is 432 g/mol. The standard InChI is InChI=1S/C16H13F5N6O3/c17-15(18,19)14(28)5-26(6-14)4-3-9-23-12-7-1-2-8-11(30-16(20,21)29-8)10(7)24-13(22)27(12)25-9/h1-2,28H,3-6H2,(H2,22,24). The van der Waals surface area contributed by atoms with Gasteiger partial charge in [-0.3, -0.25) is 4.90 Å². The highest BCUT2D eigenvalue weighted by molar-refractivity contribution is 5.97. The molecule has 0 atom stereocenters. The number of benzene rings is 1. The van der Waals surface area contributed by atoms with Gasteiger partial charge in [0.25, 0.3) is 0 Å². The molecule has 1 aromatic carbocycles. The molecule has 2 aliphatic heterocycles. The highest BCUT2D eigenvalue weighted by atomic mass is 19.4. The minimum atomic E-state index is -4.69. The van der Waals surface area contributed by atoms with Crippen molar-refractivity contribution in [3.63, 3.8) is 0 Å². The Bertz CT molecular complexity index is 1170. The fraction of sp³-hybridized carbons (Fsp3) is 0.438. The number of aromatic nitrogens is 4. The van der Waals surface area contributed by atoms with E-state index in [2.05, 4.69) is 24.5 Å². The Morgan fingerprint density at radius 1 is 1.17 bits per heavy atom. The van der Waals surface area contributed by atoms with Crippen LogP contribution >= 0.6 is 0 Å². The van der Waals surface area contributed by atoms with E-state index in [4.69, 9.17) is 5.73 Å². The van der Waals surface area contributed by atoms with E-state index in [1.165, 1.54) is 21.5 Å². The first-order valence-corrected chi connectivity index (χ1v) is 8.71. The molecule has 14 heteroatoms. The summed E-state index contributed by atoms with van der Waals surface area (Å²) < 4.78 is 75.0. The lowest BCUT2D eigenvalue weighted by Gasteiger charge is -2.46. The van der Waals surface area contributed by atoms with Crippen LogP contribution in [-0.4, -0.2) is 67.3 Å². The summed E-state index contributed by atoms with van der Waals surface area (Å²) in [7, 11) is 0. The summed E-state index contributed by atoms with van der Waals surface area (Å²) in [6.45, 7) is -0.887. The van der Waals surface area contributed by atoms with E-state index in [-0.39, 0.29) is 47.4 Å². The molecule has 2 aromatic heterocycles. The molecule has 0 spiro atoms. The van der Waals surface area contributed by atoms with Crippen molar-refractivity contribution in [1.82, 2.24) is 24.5 Å². The number of hydrogen-bond acceptors (Lipinski definition) is 8. The van der Waals surface area contributed by atoms with Crippen LogP contribution < -0.4 is 15.2 Å². The van der Waals surface area contributed by atoms with E-state index >= 15 is 0 Å². The SMILES string of the molecule is Nc1nc2c3c(ccc2c2nc(CCN4CC(O)(C(F)(F)F)C4)nn12)OC(F)(F)O3. The van der Waals surface area contributed by atoms with Crippen LogP contribution in [0.25, 0.3) is 16.6 Å². The van der Waals surface area contributed by atoms with Crippen molar-refractivity contribution in [1.29, 1.82) is 0 Å². The van der Waals surface area contributed by atoms with Crippen LogP contribution in [0.15, 0.2) is 12.1 Å². The molecule has 3 aromatic rings. The zero-order chi connectivity index (χ0) is 21.5. The fourth-order valence-corrected chi connectivity index (χ4v) is 3.54. The summed E-state index contributed by atoms with van der Waals surface area (Å²) in [6.07, 6.45) is -8.33. The summed E-state index contributed by atoms with van der Waals surface area (Å²) >= 11 is 0. The molecule has 4 heterocycles. The van der Waals surface area contributed by atoms with Gasteiger partial charge in [-0.1, -0.05) is 0 Å². The number of hydrogen-bond donors (Lipinski definition) is 2. The summed E-state index contributed by atoms with van der Waals surface area (Å²) in [6, 6.07) is 2.74. The van der Waals surface area contributed by atoms with Crippen molar-refractivity contribution in [2.24, 2.45) is 0 Å². The van der Waals surface area contributed by atoms with Crippen LogP contribution in [0.3, 0.4) is 0 Å². The van der Waals surface area contributed by atoms with E-state index in [1.807, 2.05) is 0 Å². The van der Waals surface area contributed by atoms with Crippen molar-refractivity contribution in [3.8, 4) is 11.5 Å². The van der Waals surface area contributed by atoms with Crippen LogP contribution in [-0.2, 0) is 6.42 Å². The zero-order valence-corrected chi connectivity index (χ0v) is 15.0. The topological polar surface area (TPSA) is 111 Å². The van der Waals surface area contributed by atoms with Gasteiger partial charge in [0.15, 0.2) is 28.6 Å². The summed E-state index contributed by atoms with van der Waals surface area (Å²) in [5, 5.41) is 14.0. The maximum absolute atomic E-state index is 13.4. The number of likely N-dealkylation sites (tertiary alicyclic amines) is 1. The Balaban J connectivity index is 1.41. The lowest BCUT2D eigenvalue weighted by Crippen LogP contribution is -2.69. The lowest BCUT2D eigenvalue weighted by molar-refractivity contribution is -0.301. The first-order chi connectivity index (χ1) is 14.0. The van der Waals surface area contributed by atoms with Crippen LogP contribution in [0.1, 0.15) is 5.82 Å². The Kier molecular flexibility index (Phi) is 3.66. The van der Waals surface area contributed by atoms with Crippen molar-refractivity contribution in [2.75, 3.05) is 25.4 Å². The Morgan fingerprint density at radius 3 is 2.60 bits per heavy atom. The van der Waals surface area contributed by atoms with E-state index in [9.17, 15) is 27.1 Å². The van der Waals surface area contributed by atoms with Crippen molar-refractivity contribution >= 4 is 22.5 Å². The van der Waals surface area contributed by atoms with Crippen LogP contribution in [0.5, 0.6) is 11.5 Å². The van der Waals surface area contributed by atoms with Gasteiger partial charge in [-0.2, -0.15) is 17.7 Å². The fourth-order valence-electron chi connectivity index (χ4n) is 3.54. The molecule has 0 radical (unpaired) electrons. The van der Waals surface area contributed by atoms with Crippen molar-refractivity contribution in [3.05, 3.63) is 18.0 Å². The molecule has 1 saturated heterocycles. The van der Waals surface area contributed by atoms with Gasteiger partial charge in [-0.25, -0.2) is 9.97 Å². The normalized spacial score (nSPS) is 20.1. The molecule has 160 valence electrons. The smallest absolute Gasteiger partial charge is 0.395 e. The van der Waals surface area contributed by atoms with Gasteiger partial charge >= 0.3 is 12.5 Å². The van der Waals surface area contributed by atoms with Crippen LogP contribution in [0.4, 0.5) is 27.9 Å². The molecule has 0 aliphatic carbocycles. The van der Waals surface area contributed by atoms with Gasteiger partial charge in [-0.05, 0) is 12.1 Å². The number of anilines is 1. The molecule has 0 amide bonds. The highest BCUT2D eigenvalue weighted by Gasteiger charge is 2.60. The van der Waals surface area contributed by atoms with E-state index in [0.717, 1.165) is 0 Å². The second kappa shape index (κ2) is 5.78. The molecular formula is C16H13F5N6O3. The molecular weight excluding hydrogens is 419 g/mol. The number of rotatable bonds is 3. The molecule has 30 heavy (non-hydrogen) atoms. The van der Waals surface area contributed by atoms with E-state index in [0.29, 0.717) is 5.39 Å². The van der Waals surface area contributed by atoms with Crippen molar-refractivity contribution < 1.29 is 36.5 Å². The van der Waals surface area contributed by atoms with Crippen molar-refractivity contribution in [2.45, 2.75) is 24.5 Å². The highest BCUT2D eigenvalue weighted by Crippen LogP contribution is 2.45. The first-order valence-electron chi connectivity index (χ1n) is 8.71. The average molecular weight is 432 g/mol. The maximum atomic E-state index is 13.4. The predicted molar refractivity (Wildman–Crippen MR) is 90.1 cm³/mol. The van der Waals surface area contributed by atoms with Gasteiger partial charge in [0.2, 0.25) is 5.95 Å². The maximum Gasteiger partial charge on any atom is 0.586 e. The van der Waals surface area contributed by atoms with Gasteiger partial charge in [0.1, 0.15) is 5.52 Å². The van der Waals surface area contributed by atoms with Crippen LogP contribution in [0, 0.1) is 0 Å². The molecule has 9 nitrogen and oxygen atoms in total. The van der Waals surface area contributed by atoms with Gasteiger partial charge in [-0.15, -0.1) is 13.9 Å². The summed E-state index contributed by atoms with van der Waals surface area (Å²) in [4.78, 5) is 9.79. The Labute approximate surface area is 163 Å². The molecule has 0 bridgehead atoms. The van der Waals surface area contributed by atoms with Crippen LogP contribution in [0.2, 0.25) is 0 Å². The molecule has 0 saturated carbocycles. The number of alkyl halides is 5. The van der Waals surface area contributed by atoms with Gasteiger partial charge in [0, 0.05) is 31.4 Å². The number of ether oxygens (including phenoxy) is 2. The number of nitrogens with two attached hydrogens (primary N) is 1. The number of β-amino-alcohol motifs (C(OH)–C–C–N with tert-alkyl or cyclic N) is 1. The van der Waals surface area contributed by atoms with Gasteiger partial charge in [0.05, 0.1) is 0 Å². The van der Waals surface area contributed by atoms with Gasteiger partial charge < -0.3 is 20.3 Å². The summed E-state index contributed by atoms with van der Waals surface area (Å²) in [5.74, 6) is -0.345. The number of nitrogen functional groups attached to an aromatic ring is 1. The zero-order valence-electron chi connectivity index (χ0n) is 15.0. The second-order valence-corrected chi connectivity index (χ2v) is 7.18. The Hall–Kier alpha value is -3.00. The number of halogens is 5. The average Bonchev–Trinajstić information content (AvgIpc) is 3.17. The third kappa shape index (κ3) is 2.78. The third-order valence-corrected chi connectivity index (χ3v) is 5.03. The summed E-state index contributed by atoms with van der Waals surface area (Å²) in [5.41, 5.74) is 3.42. The molecule has 2 aliphatic rings. The molecule has 3 N–H and O–H groups in total. The largest absolute Gasteiger partial charge is 0.586 e. The number of nitrogens with zero attached hydrogens (tertiary/aromatic N) is 5. The van der Waals surface area contributed by atoms with E-state index in [1.54, 1.807) is 0 Å². The predicted octanol–water partition coefficient (Wildman–Crippen LogP) is 1.33. The molecule has 5 rings (SSSR count). The minimum absolute atomic E-state index is 0.0200. The second-order valence-electron chi connectivity index (χ2n) is 7.18. The Morgan fingerprint density at radius 2 is 1.90 bits per heavy atom. The molecule has 0 unspecified atom stereocenters. The van der Waals surface area contributed by atoms with E-state index < -0.39 is 31.2 Å². The lowest BCUT2D eigenvalue weighted by atomic mass is 9.93. The quantitative estimate of drug-likeness (QED) is 0.597. The molecule has 1 fully saturated rings. The number of fused-ring (bicyclic) bond motifs is 5. The number of aliphatic hydroxyl groups is 1. The first kappa shape index (κ1) is 19.0. The minimum Gasteiger partial charge on any atom is -0.395 e. The third-order valence-electron chi connectivity index (χ3n) is 5.03.